The van der Waals surface area contributed by atoms with Gasteiger partial charge in [0.25, 0.3) is 0 Å². The Labute approximate surface area is 92.0 Å². The fraction of sp³-hybridized carbons (Fsp3) is 0.909. The van der Waals surface area contributed by atoms with E-state index in [0.29, 0.717) is 6.61 Å². The molecule has 0 aromatic heterocycles. The third kappa shape index (κ3) is 4.08. The molecule has 1 heterocycles. The van der Waals surface area contributed by atoms with Crippen molar-refractivity contribution >= 4 is 6.03 Å². The van der Waals surface area contributed by atoms with Gasteiger partial charge in [-0.2, -0.15) is 0 Å². The van der Waals surface area contributed by atoms with Gasteiger partial charge in [-0.05, 0) is 19.3 Å². The van der Waals surface area contributed by atoms with Gasteiger partial charge in [0.2, 0.25) is 0 Å². The second-order valence-corrected chi connectivity index (χ2v) is 4.00. The predicted molar refractivity (Wildman–Crippen MR) is 59.9 cm³/mol. The Balaban J connectivity index is 2.33. The number of urea groups is 1. The van der Waals surface area contributed by atoms with Gasteiger partial charge in [-0.25, -0.2) is 4.79 Å². The lowest BCUT2D eigenvalue weighted by atomic mass is 10.2. The van der Waals surface area contributed by atoms with Gasteiger partial charge in [0, 0.05) is 19.7 Å². The van der Waals surface area contributed by atoms with Crippen LogP contribution in [0, 0.1) is 0 Å². The molecule has 0 aromatic carbocycles. The third-order valence-electron chi connectivity index (χ3n) is 2.53. The second-order valence-electron chi connectivity index (χ2n) is 4.00. The molecule has 0 aromatic rings. The van der Waals surface area contributed by atoms with E-state index in [2.05, 4.69) is 19.2 Å². The van der Waals surface area contributed by atoms with Crippen LogP contribution in [0.1, 0.15) is 33.1 Å². The van der Waals surface area contributed by atoms with Crippen molar-refractivity contribution in [3.05, 3.63) is 0 Å². The molecule has 1 atom stereocenters. The van der Waals surface area contributed by atoms with Crippen molar-refractivity contribution < 1.29 is 9.53 Å². The Bertz CT molecular complexity index is 185. The lowest BCUT2D eigenvalue weighted by Gasteiger charge is -2.23. The van der Waals surface area contributed by atoms with Crippen molar-refractivity contribution in [1.82, 2.24) is 10.2 Å². The standard InChI is InChI=1S/C11H22N2O2/c1-3-6-13(7-4-2)11(14)12-10-5-8-15-9-10/h10H,3-9H2,1-2H3,(H,12,14). The number of hydrogen-bond acceptors (Lipinski definition) is 2. The number of nitrogens with one attached hydrogen (secondary N) is 1. The minimum Gasteiger partial charge on any atom is -0.379 e. The van der Waals surface area contributed by atoms with Crippen LogP contribution in [0.5, 0.6) is 0 Å². The molecule has 88 valence electrons. The fourth-order valence-corrected chi connectivity index (χ4v) is 1.77. The molecule has 1 rings (SSSR count). The molecule has 0 spiro atoms. The van der Waals surface area contributed by atoms with Crippen LogP contribution in [0.4, 0.5) is 4.79 Å². The van der Waals surface area contributed by atoms with E-state index in [1.807, 2.05) is 4.90 Å². The van der Waals surface area contributed by atoms with E-state index in [-0.39, 0.29) is 12.1 Å². The van der Waals surface area contributed by atoms with Crippen LogP contribution >= 0.6 is 0 Å². The Morgan fingerprint density at radius 2 is 2.07 bits per heavy atom. The zero-order valence-corrected chi connectivity index (χ0v) is 9.79. The molecule has 4 nitrogen and oxygen atoms in total. The molecular formula is C11H22N2O2. The number of hydrogen-bond donors (Lipinski definition) is 1. The topological polar surface area (TPSA) is 41.6 Å². The Hall–Kier alpha value is -0.770. The lowest BCUT2D eigenvalue weighted by Crippen LogP contribution is -2.45. The highest BCUT2D eigenvalue weighted by atomic mass is 16.5. The zero-order valence-electron chi connectivity index (χ0n) is 9.79. The maximum absolute atomic E-state index is 11.8. The number of carbonyl (C=O) groups is 1. The lowest BCUT2D eigenvalue weighted by molar-refractivity contribution is 0.178. The average molecular weight is 214 g/mol. The molecule has 2 amide bonds. The first-order chi connectivity index (χ1) is 7.27. The number of amides is 2. The summed E-state index contributed by atoms with van der Waals surface area (Å²) in [5.74, 6) is 0. The first kappa shape index (κ1) is 12.3. The highest BCUT2D eigenvalue weighted by Gasteiger charge is 2.20. The minimum absolute atomic E-state index is 0.0641. The zero-order chi connectivity index (χ0) is 11.1. The highest BCUT2D eigenvalue weighted by Crippen LogP contribution is 2.04. The van der Waals surface area contributed by atoms with Gasteiger partial charge in [-0.1, -0.05) is 13.8 Å². The van der Waals surface area contributed by atoms with Crippen LogP contribution in [-0.2, 0) is 4.74 Å². The van der Waals surface area contributed by atoms with Gasteiger partial charge in [0.05, 0.1) is 12.6 Å². The van der Waals surface area contributed by atoms with Crippen LogP contribution < -0.4 is 5.32 Å². The molecule has 0 radical (unpaired) electrons. The molecule has 1 unspecified atom stereocenters. The molecule has 15 heavy (non-hydrogen) atoms. The summed E-state index contributed by atoms with van der Waals surface area (Å²) in [6, 6.07) is 0.280. The number of nitrogens with zero attached hydrogens (tertiary/aromatic N) is 1. The number of carbonyl (C=O) groups excluding carboxylic acids is 1. The fourth-order valence-electron chi connectivity index (χ4n) is 1.77. The van der Waals surface area contributed by atoms with Crippen molar-refractivity contribution in [3.8, 4) is 0 Å². The highest BCUT2D eigenvalue weighted by molar-refractivity contribution is 5.74. The van der Waals surface area contributed by atoms with Crippen LogP contribution in [0.25, 0.3) is 0 Å². The molecule has 1 saturated heterocycles. The van der Waals surface area contributed by atoms with E-state index in [1.54, 1.807) is 0 Å². The summed E-state index contributed by atoms with van der Waals surface area (Å²) in [5, 5.41) is 3.01. The van der Waals surface area contributed by atoms with Crippen molar-refractivity contribution in [1.29, 1.82) is 0 Å². The summed E-state index contributed by atoms with van der Waals surface area (Å²) in [6.45, 7) is 7.30. The van der Waals surface area contributed by atoms with E-state index >= 15 is 0 Å². The molecular weight excluding hydrogens is 192 g/mol. The van der Waals surface area contributed by atoms with E-state index in [9.17, 15) is 4.79 Å². The number of ether oxygens (including phenoxy) is 1. The molecule has 1 N–H and O–H groups in total. The SMILES string of the molecule is CCCN(CCC)C(=O)NC1CCOC1. The maximum Gasteiger partial charge on any atom is 0.317 e. The Kier molecular flexibility index (Phi) is 5.47. The normalized spacial score (nSPS) is 20.3. The molecule has 0 saturated carbocycles. The first-order valence-corrected chi connectivity index (χ1v) is 5.91. The predicted octanol–water partition coefficient (Wildman–Crippen LogP) is 1.61. The smallest absolute Gasteiger partial charge is 0.317 e. The molecule has 1 aliphatic heterocycles. The van der Waals surface area contributed by atoms with Gasteiger partial charge >= 0.3 is 6.03 Å². The summed E-state index contributed by atoms with van der Waals surface area (Å²) in [7, 11) is 0. The van der Waals surface area contributed by atoms with E-state index in [4.69, 9.17) is 4.74 Å². The van der Waals surface area contributed by atoms with Gasteiger partial charge < -0.3 is 15.0 Å². The van der Waals surface area contributed by atoms with E-state index in [1.165, 1.54) is 0 Å². The van der Waals surface area contributed by atoms with Crippen LogP contribution in [0.3, 0.4) is 0 Å². The van der Waals surface area contributed by atoms with Gasteiger partial charge in [-0.15, -0.1) is 0 Å². The Morgan fingerprint density at radius 3 is 2.53 bits per heavy atom. The van der Waals surface area contributed by atoms with Crippen LogP contribution in [-0.4, -0.2) is 43.3 Å². The molecule has 0 bridgehead atoms. The van der Waals surface area contributed by atoms with Gasteiger partial charge in [0.15, 0.2) is 0 Å². The average Bonchev–Trinajstić information content (AvgIpc) is 2.70. The Morgan fingerprint density at radius 1 is 1.40 bits per heavy atom. The molecule has 0 aliphatic carbocycles. The summed E-state index contributed by atoms with van der Waals surface area (Å²) in [4.78, 5) is 13.7. The van der Waals surface area contributed by atoms with Crippen LogP contribution in [0.2, 0.25) is 0 Å². The molecule has 1 fully saturated rings. The minimum atomic E-state index is 0.0641. The maximum atomic E-state index is 11.8. The van der Waals surface area contributed by atoms with Crippen molar-refractivity contribution in [2.24, 2.45) is 0 Å². The third-order valence-corrected chi connectivity index (χ3v) is 2.53. The molecule has 1 aliphatic rings. The second kappa shape index (κ2) is 6.67. The monoisotopic (exact) mass is 214 g/mol. The molecule has 4 heteroatoms. The number of rotatable bonds is 5. The van der Waals surface area contributed by atoms with Gasteiger partial charge in [-0.3, -0.25) is 0 Å². The summed E-state index contributed by atoms with van der Waals surface area (Å²) in [5.41, 5.74) is 0. The largest absolute Gasteiger partial charge is 0.379 e. The summed E-state index contributed by atoms with van der Waals surface area (Å²) in [6.07, 6.45) is 2.96. The summed E-state index contributed by atoms with van der Waals surface area (Å²) < 4.78 is 5.22. The van der Waals surface area contributed by atoms with Crippen molar-refractivity contribution in [3.63, 3.8) is 0 Å². The van der Waals surface area contributed by atoms with Crippen molar-refractivity contribution in [2.75, 3.05) is 26.3 Å². The van der Waals surface area contributed by atoms with E-state index < -0.39 is 0 Å². The van der Waals surface area contributed by atoms with Crippen molar-refractivity contribution in [2.45, 2.75) is 39.2 Å². The van der Waals surface area contributed by atoms with Gasteiger partial charge in [0.1, 0.15) is 0 Å². The summed E-state index contributed by atoms with van der Waals surface area (Å²) >= 11 is 0. The first-order valence-electron chi connectivity index (χ1n) is 5.91. The van der Waals surface area contributed by atoms with E-state index in [0.717, 1.165) is 39.0 Å². The quantitative estimate of drug-likeness (QED) is 0.755. The van der Waals surface area contributed by atoms with Crippen LogP contribution in [0.15, 0.2) is 0 Å².